The molecule has 1 aromatic carbocycles. The van der Waals surface area contributed by atoms with Gasteiger partial charge in [0, 0.05) is 30.4 Å². The SMILES string of the molecule is CC(C)(O)[C@@H]1CC[C@](C)([C@H]2CC3(CCN(C(=O)c4ccc(-c5cn[nH]c5)cc4)CC3)CO2)O1. The molecule has 3 saturated heterocycles. The van der Waals surface area contributed by atoms with E-state index in [0.29, 0.717) is 0 Å². The Labute approximate surface area is 195 Å². The Balaban J connectivity index is 1.18. The molecule has 3 atom stereocenters. The first-order chi connectivity index (χ1) is 15.7. The summed E-state index contributed by atoms with van der Waals surface area (Å²) in [5.41, 5.74) is 1.71. The maximum atomic E-state index is 13.1. The van der Waals surface area contributed by atoms with Crippen molar-refractivity contribution >= 4 is 5.91 Å². The molecule has 3 aliphatic heterocycles. The van der Waals surface area contributed by atoms with E-state index in [0.717, 1.165) is 68.5 Å². The predicted molar refractivity (Wildman–Crippen MR) is 125 cm³/mol. The van der Waals surface area contributed by atoms with Crippen molar-refractivity contribution in [3.8, 4) is 11.1 Å². The number of nitrogens with zero attached hydrogens (tertiary/aromatic N) is 2. The van der Waals surface area contributed by atoms with Crippen molar-refractivity contribution in [1.82, 2.24) is 15.1 Å². The lowest BCUT2D eigenvalue weighted by atomic mass is 9.74. The van der Waals surface area contributed by atoms with Crippen LogP contribution in [0, 0.1) is 5.41 Å². The van der Waals surface area contributed by atoms with Crippen molar-refractivity contribution in [2.45, 2.75) is 76.3 Å². The molecule has 3 aliphatic rings. The number of rotatable bonds is 4. The number of carbonyl (C=O) groups excluding carboxylic acids is 1. The van der Waals surface area contributed by atoms with E-state index in [1.807, 2.05) is 49.2 Å². The van der Waals surface area contributed by atoms with Crippen LogP contribution in [-0.4, -0.2) is 69.2 Å². The first-order valence-electron chi connectivity index (χ1n) is 12.1. The van der Waals surface area contributed by atoms with Gasteiger partial charge in [-0.05, 0) is 76.0 Å². The van der Waals surface area contributed by atoms with Crippen LogP contribution in [0.2, 0.25) is 0 Å². The molecule has 0 saturated carbocycles. The molecule has 33 heavy (non-hydrogen) atoms. The third-order valence-corrected chi connectivity index (χ3v) is 8.07. The number of hydrogen-bond acceptors (Lipinski definition) is 5. The molecule has 2 aromatic rings. The largest absolute Gasteiger partial charge is 0.388 e. The average molecular weight is 454 g/mol. The summed E-state index contributed by atoms with van der Waals surface area (Å²) in [5.74, 6) is 0.0955. The lowest BCUT2D eigenvalue weighted by Gasteiger charge is -2.39. The summed E-state index contributed by atoms with van der Waals surface area (Å²) in [4.78, 5) is 15.1. The number of carbonyl (C=O) groups is 1. The summed E-state index contributed by atoms with van der Waals surface area (Å²) in [6.45, 7) is 8.00. The third kappa shape index (κ3) is 4.34. The van der Waals surface area contributed by atoms with Crippen LogP contribution < -0.4 is 0 Å². The highest BCUT2D eigenvalue weighted by atomic mass is 16.6. The fraction of sp³-hybridized carbons (Fsp3) is 0.615. The van der Waals surface area contributed by atoms with Gasteiger partial charge in [-0.3, -0.25) is 9.89 Å². The summed E-state index contributed by atoms with van der Waals surface area (Å²) >= 11 is 0. The summed E-state index contributed by atoms with van der Waals surface area (Å²) < 4.78 is 12.6. The molecule has 0 unspecified atom stereocenters. The van der Waals surface area contributed by atoms with Gasteiger partial charge in [-0.15, -0.1) is 0 Å². The maximum Gasteiger partial charge on any atom is 0.253 e. The first-order valence-corrected chi connectivity index (χ1v) is 12.1. The van der Waals surface area contributed by atoms with E-state index in [-0.39, 0.29) is 29.1 Å². The van der Waals surface area contributed by atoms with Crippen LogP contribution in [0.3, 0.4) is 0 Å². The minimum absolute atomic E-state index is 0.0440. The number of hydrogen-bond donors (Lipinski definition) is 2. The molecule has 4 heterocycles. The second kappa shape index (κ2) is 8.22. The second-order valence-corrected chi connectivity index (χ2v) is 11.0. The van der Waals surface area contributed by atoms with Crippen molar-refractivity contribution in [2.75, 3.05) is 19.7 Å². The lowest BCUT2D eigenvalue weighted by molar-refractivity contribution is -0.155. The van der Waals surface area contributed by atoms with Crippen LogP contribution in [0.15, 0.2) is 36.7 Å². The van der Waals surface area contributed by atoms with Crippen molar-refractivity contribution in [1.29, 1.82) is 0 Å². The molecule has 3 fully saturated rings. The molecule has 178 valence electrons. The molecule has 7 heteroatoms. The summed E-state index contributed by atoms with van der Waals surface area (Å²) in [5, 5.41) is 17.2. The molecular weight excluding hydrogens is 418 g/mol. The smallest absolute Gasteiger partial charge is 0.253 e. The fourth-order valence-corrected chi connectivity index (χ4v) is 5.70. The van der Waals surface area contributed by atoms with E-state index in [2.05, 4.69) is 17.1 Å². The third-order valence-electron chi connectivity index (χ3n) is 8.07. The summed E-state index contributed by atoms with van der Waals surface area (Å²) in [6, 6.07) is 7.76. The highest BCUT2D eigenvalue weighted by molar-refractivity contribution is 5.94. The fourth-order valence-electron chi connectivity index (χ4n) is 5.70. The number of nitrogens with one attached hydrogen (secondary N) is 1. The normalized spacial score (nSPS) is 29.6. The van der Waals surface area contributed by atoms with Gasteiger partial charge in [0.25, 0.3) is 5.91 Å². The Morgan fingerprint density at radius 2 is 1.91 bits per heavy atom. The summed E-state index contributed by atoms with van der Waals surface area (Å²) in [7, 11) is 0. The van der Waals surface area contributed by atoms with Crippen LogP contribution in [0.25, 0.3) is 11.1 Å². The molecule has 7 nitrogen and oxygen atoms in total. The number of H-pyrrole nitrogens is 1. The van der Waals surface area contributed by atoms with Crippen LogP contribution >= 0.6 is 0 Å². The average Bonchev–Trinajstić information content (AvgIpc) is 3.55. The van der Waals surface area contributed by atoms with Gasteiger partial charge in [0.1, 0.15) is 0 Å². The van der Waals surface area contributed by atoms with Gasteiger partial charge in [0.2, 0.25) is 0 Å². The molecule has 1 amide bonds. The van der Waals surface area contributed by atoms with Gasteiger partial charge < -0.3 is 19.5 Å². The number of likely N-dealkylation sites (tertiary alicyclic amines) is 1. The van der Waals surface area contributed by atoms with Gasteiger partial charge in [0.15, 0.2) is 0 Å². The van der Waals surface area contributed by atoms with Crippen LogP contribution in [0.5, 0.6) is 0 Å². The van der Waals surface area contributed by atoms with Crippen LogP contribution in [0.4, 0.5) is 0 Å². The number of amides is 1. The molecule has 5 rings (SSSR count). The summed E-state index contributed by atoms with van der Waals surface area (Å²) in [6.07, 6.45) is 8.14. The number of piperidine rings is 1. The monoisotopic (exact) mass is 453 g/mol. The number of aliphatic hydroxyl groups is 1. The van der Waals surface area contributed by atoms with Crippen molar-refractivity contribution in [3.05, 3.63) is 42.2 Å². The molecule has 1 aromatic heterocycles. The lowest BCUT2D eigenvalue weighted by Crippen LogP contribution is -2.45. The minimum Gasteiger partial charge on any atom is -0.388 e. The quantitative estimate of drug-likeness (QED) is 0.735. The van der Waals surface area contributed by atoms with Crippen LogP contribution in [0.1, 0.15) is 63.2 Å². The van der Waals surface area contributed by atoms with E-state index in [1.165, 1.54) is 0 Å². The Morgan fingerprint density at radius 1 is 1.18 bits per heavy atom. The Bertz CT molecular complexity index is 974. The predicted octanol–water partition coefficient (Wildman–Crippen LogP) is 3.80. The van der Waals surface area contributed by atoms with E-state index in [4.69, 9.17) is 9.47 Å². The molecule has 2 N–H and O–H groups in total. The molecule has 0 bridgehead atoms. The second-order valence-electron chi connectivity index (χ2n) is 11.0. The zero-order chi connectivity index (χ0) is 23.3. The Kier molecular flexibility index (Phi) is 5.62. The number of ether oxygens (including phenoxy) is 2. The van der Waals surface area contributed by atoms with Gasteiger partial charge in [-0.2, -0.15) is 5.10 Å². The molecular formula is C26H35N3O4. The molecule has 0 radical (unpaired) electrons. The van der Waals surface area contributed by atoms with E-state index in [9.17, 15) is 9.90 Å². The Hall–Kier alpha value is -2.22. The standard InChI is InChI=1S/C26H35N3O4/c1-24(2,31)21-8-9-25(3,33-21)22-14-26(17-32-22)10-12-29(13-11-26)23(30)19-6-4-18(5-7-19)20-15-27-28-16-20/h4-7,15-16,21-22,31H,8-14,17H2,1-3H3,(H,27,28)/t21-,22+,25+/m0/s1. The van der Waals surface area contributed by atoms with Crippen molar-refractivity contribution in [3.63, 3.8) is 0 Å². The number of benzene rings is 1. The Morgan fingerprint density at radius 3 is 2.52 bits per heavy atom. The molecule has 0 aliphatic carbocycles. The highest BCUT2D eigenvalue weighted by Gasteiger charge is 2.53. The zero-order valence-electron chi connectivity index (χ0n) is 19.8. The van der Waals surface area contributed by atoms with Gasteiger partial charge in [0.05, 0.1) is 36.2 Å². The van der Waals surface area contributed by atoms with Crippen LogP contribution in [-0.2, 0) is 9.47 Å². The van der Waals surface area contributed by atoms with Crippen molar-refractivity contribution < 1.29 is 19.4 Å². The van der Waals surface area contributed by atoms with E-state index < -0.39 is 5.60 Å². The molecule has 1 spiro atoms. The van der Waals surface area contributed by atoms with Gasteiger partial charge in [-0.1, -0.05) is 12.1 Å². The number of aromatic nitrogens is 2. The van der Waals surface area contributed by atoms with Gasteiger partial charge >= 0.3 is 0 Å². The maximum absolute atomic E-state index is 13.1. The topological polar surface area (TPSA) is 87.7 Å². The highest BCUT2D eigenvalue weighted by Crippen LogP contribution is 2.49. The first kappa shape index (κ1) is 22.6. The van der Waals surface area contributed by atoms with E-state index >= 15 is 0 Å². The van der Waals surface area contributed by atoms with Crippen molar-refractivity contribution in [2.24, 2.45) is 5.41 Å². The van der Waals surface area contributed by atoms with Gasteiger partial charge in [-0.25, -0.2) is 0 Å². The minimum atomic E-state index is -0.837. The zero-order valence-corrected chi connectivity index (χ0v) is 19.8. The van der Waals surface area contributed by atoms with E-state index in [1.54, 1.807) is 6.20 Å². The number of aromatic amines is 1.